The van der Waals surface area contributed by atoms with Gasteiger partial charge < -0.3 is 20.3 Å². The van der Waals surface area contributed by atoms with Crippen LogP contribution in [0.25, 0.3) is 0 Å². The second-order valence-corrected chi connectivity index (χ2v) is 6.49. The highest BCUT2D eigenvalue weighted by Crippen LogP contribution is 2.17. The van der Waals surface area contributed by atoms with E-state index in [9.17, 15) is 9.18 Å². The van der Waals surface area contributed by atoms with Gasteiger partial charge >= 0.3 is 0 Å². The molecule has 7 nitrogen and oxygen atoms in total. The normalized spacial score (nSPS) is 20.9. The van der Waals surface area contributed by atoms with E-state index in [0.717, 1.165) is 51.8 Å². The Morgan fingerprint density at radius 2 is 1.96 bits per heavy atom. The fraction of sp³-hybridized carbons (Fsp3) is 0.556. The first kappa shape index (κ1) is 21.8. The molecule has 2 heterocycles. The van der Waals surface area contributed by atoms with Crippen LogP contribution >= 0.6 is 24.0 Å². The minimum atomic E-state index is -0.328. The van der Waals surface area contributed by atoms with E-state index in [1.54, 1.807) is 7.05 Å². The number of guanidine groups is 1. The quantitative estimate of drug-likeness (QED) is 0.379. The molecule has 0 saturated carbocycles. The number of nitrogens with one attached hydrogen (secondary N) is 2. The van der Waals surface area contributed by atoms with Gasteiger partial charge in [0.15, 0.2) is 5.96 Å². The number of anilines is 1. The third-order valence-electron chi connectivity index (χ3n) is 4.77. The largest absolute Gasteiger partial charge is 0.379 e. The summed E-state index contributed by atoms with van der Waals surface area (Å²) in [6, 6.07) is 6.21. The van der Waals surface area contributed by atoms with Crippen molar-refractivity contribution in [2.24, 2.45) is 4.99 Å². The van der Waals surface area contributed by atoms with Gasteiger partial charge in [-0.25, -0.2) is 4.39 Å². The van der Waals surface area contributed by atoms with Crippen LogP contribution in [-0.4, -0.2) is 80.7 Å². The van der Waals surface area contributed by atoms with Gasteiger partial charge in [-0.15, -0.1) is 24.0 Å². The summed E-state index contributed by atoms with van der Waals surface area (Å²) < 4.78 is 18.3. The third-order valence-corrected chi connectivity index (χ3v) is 4.77. The van der Waals surface area contributed by atoms with Crippen molar-refractivity contribution in [3.05, 3.63) is 30.1 Å². The van der Waals surface area contributed by atoms with Gasteiger partial charge in [-0.1, -0.05) is 0 Å². The Morgan fingerprint density at radius 1 is 1.26 bits per heavy atom. The lowest BCUT2D eigenvalue weighted by Gasteiger charge is -2.32. The van der Waals surface area contributed by atoms with Crippen LogP contribution in [0.3, 0.4) is 0 Å². The maximum absolute atomic E-state index is 12.9. The summed E-state index contributed by atoms with van der Waals surface area (Å²) in [7, 11) is 1.72. The van der Waals surface area contributed by atoms with Crippen LogP contribution in [0.2, 0.25) is 0 Å². The summed E-state index contributed by atoms with van der Waals surface area (Å²) in [5.74, 6) is 0.210. The average Bonchev–Trinajstić information content (AvgIpc) is 3.15. The topological polar surface area (TPSA) is 69.2 Å². The molecule has 9 heteroatoms. The lowest BCUT2D eigenvalue weighted by atomic mass is 10.2. The number of rotatable bonds is 4. The SMILES string of the molecule is CN=C(NCC(=O)Nc1ccc(F)cc1)N1CCC(N2CCOCC2)C1.I. The van der Waals surface area contributed by atoms with Crippen LogP contribution in [0.4, 0.5) is 10.1 Å². The minimum absolute atomic E-state index is 0. The van der Waals surface area contributed by atoms with E-state index in [1.807, 2.05) is 0 Å². The van der Waals surface area contributed by atoms with E-state index in [2.05, 4.69) is 25.4 Å². The number of hydrogen-bond donors (Lipinski definition) is 2. The fourth-order valence-corrected chi connectivity index (χ4v) is 3.40. The number of carbonyl (C=O) groups is 1. The van der Waals surface area contributed by atoms with Gasteiger partial charge in [0.25, 0.3) is 0 Å². The lowest BCUT2D eigenvalue weighted by Crippen LogP contribution is -2.47. The molecule has 1 amide bonds. The van der Waals surface area contributed by atoms with Gasteiger partial charge in [-0.3, -0.25) is 14.7 Å². The maximum Gasteiger partial charge on any atom is 0.243 e. The van der Waals surface area contributed by atoms with Crippen molar-refractivity contribution >= 4 is 41.5 Å². The molecule has 0 aromatic heterocycles. The van der Waals surface area contributed by atoms with Gasteiger partial charge in [0.2, 0.25) is 5.91 Å². The molecule has 1 aromatic rings. The van der Waals surface area contributed by atoms with Crippen molar-refractivity contribution in [2.75, 3.05) is 58.3 Å². The number of nitrogens with zero attached hydrogens (tertiary/aromatic N) is 3. The van der Waals surface area contributed by atoms with Crippen molar-refractivity contribution in [3.8, 4) is 0 Å². The zero-order chi connectivity index (χ0) is 18.4. The van der Waals surface area contributed by atoms with E-state index in [-0.39, 0.29) is 42.2 Å². The summed E-state index contributed by atoms with van der Waals surface area (Å²) in [5, 5.41) is 5.85. The summed E-state index contributed by atoms with van der Waals surface area (Å²) in [5.41, 5.74) is 0.571. The number of ether oxygens (including phenoxy) is 1. The van der Waals surface area contributed by atoms with Crippen LogP contribution in [0.1, 0.15) is 6.42 Å². The number of carbonyl (C=O) groups excluding carboxylic acids is 1. The molecule has 0 spiro atoms. The van der Waals surface area contributed by atoms with Gasteiger partial charge in [0.1, 0.15) is 5.82 Å². The molecule has 2 aliphatic rings. The molecule has 0 bridgehead atoms. The molecule has 2 fully saturated rings. The highest BCUT2D eigenvalue weighted by Gasteiger charge is 2.30. The minimum Gasteiger partial charge on any atom is -0.379 e. The Kier molecular flexibility index (Phi) is 8.71. The lowest BCUT2D eigenvalue weighted by molar-refractivity contribution is -0.115. The predicted molar refractivity (Wildman–Crippen MR) is 114 cm³/mol. The molecule has 1 aromatic carbocycles. The van der Waals surface area contributed by atoms with Crippen molar-refractivity contribution < 1.29 is 13.9 Å². The van der Waals surface area contributed by atoms with Crippen LogP contribution in [-0.2, 0) is 9.53 Å². The first-order chi connectivity index (χ1) is 12.7. The van der Waals surface area contributed by atoms with Gasteiger partial charge in [-0.2, -0.15) is 0 Å². The molecular formula is C18H27FIN5O2. The molecule has 1 atom stereocenters. The highest BCUT2D eigenvalue weighted by molar-refractivity contribution is 14.0. The van der Waals surface area contributed by atoms with E-state index in [4.69, 9.17) is 4.74 Å². The van der Waals surface area contributed by atoms with Crippen LogP contribution in [0, 0.1) is 5.82 Å². The zero-order valence-corrected chi connectivity index (χ0v) is 17.8. The number of morpholine rings is 1. The standard InChI is InChI=1S/C18H26FN5O2.HI/c1-20-18(21-12-17(25)22-15-4-2-14(19)3-5-15)24-7-6-16(13-24)23-8-10-26-11-9-23;/h2-5,16H,6-13H2,1H3,(H,20,21)(H,22,25);1H. The molecule has 2 N–H and O–H groups in total. The van der Waals surface area contributed by atoms with Crippen molar-refractivity contribution in [1.29, 1.82) is 0 Å². The van der Waals surface area contributed by atoms with Crippen molar-refractivity contribution in [2.45, 2.75) is 12.5 Å². The van der Waals surface area contributed by atoms with Gasteiger partial charge in [-0.05, 0) is 30.7 Å². The zero-order valence-electron chi connectivity index (χ0n) is 15.5. The monoisotopic (exact) mass is 491 g/mol. The Labute approximate surface area is 176 Å². The summed E-state index contributed by atoms with van der Waals surface area (Å²) >= 11 is 0. The Morgan fingerprint density at radius 3 is 2.63 bits per heavy atom. The van der Waals surface area contributed by atoms with Gasteiger partial charge in [0, 0.05) is 45.0 Å². The van der Waals surface area contributed by atoms with Crippen LogP contribution < -0.4 is 10.6 Å². The molecule has 2 saturated heterocycles. The Bertz CT molecular complexity index is 637. The molecular weight excluding hydrogens is 464 g/mol. The number of halogens is 2. The molecule has 27 heavy (non-hydrogen) atoms. The number of aliphatic imine (C=N–C) groups is 1. The highest BCUT2D eigenvalue weighted by atomic mass is 127. The molecule has 0 radical (unpaired) electrons. The first-order valence-corrected chi connectivity index (χ1v) is 8.98. The Hall–Kier alpha value is -1.46. The Balaban J connectivity index is 0.00000261. The van der Waals surface area contributed by atoms with Crippen LogP contribution in [0.5, 0.6) is 0 Å². The predicted octanol–water partition coefficient (Wildman–Crippen LogP) is 1.36. The van der Waals surface area contributed by atoms with E-state index >= 15 is 0 Å². The van der Waals surface area contributed by atoms with E-state index < -0.39 is 0 Å². The number of likely N-dealkylation sites (tertiary alicyclic amines) is 1. The number of benzene rings is 1. The first-order valence-electron chi connectivity index (χ1n) is 8.98. The summed E-state index contributed by atoms with van der Waals surface area (Å²) in [6.07, 6.45) is 1.09. The second kappa shape index (κ2) is 10.8. The van der Waals surface area contributed by atoms with E-state index in [1.165, 1.54) is 24.3 Å². The van der Waals surface area contributed by atoms with Crippen LogP contribution in [0.15, 0.2) is 29.3 Å². The molecule has 3 rings (SSSR count). The molecule has 150 valence electrons. The second-order valence-electron chi connectivity index (χ2n) is 6.49. The fourth-order valence-electron chi connectivity index (χ4n) is 3.40. The smallest absolute Gasteiger partial charge is 0.243 e. The van der Waals surface area contributed by atoms with Gasteiger partial charge in [0.05, 0.1) is 19.8 Å². The van der Waals surface area contributed by atoms with E-state index in [0.29, 0.717) is 11.7 Å². The summed E-state index contributed by atoms with van der Waals surface area (Å²) in [4.78, 5) is 21.0. The van der Waals surface area contributed by atoms with Crippen molar-refractivity contribution in [3.63, 3.8) is 0 Å². The molecule has 1 unspecified atom stereocenters. The third kappa shape index (κ3) is 6.28. The molecule has 0 aliphatic carbocycles. The number of amides is 1. The average molecular weight is 491 g/mol. The summed E-state index contributed by atoms with van der Waals surface area (Å²) in [6.45, 7) is 5.48. The van der Waals surface area contributed by atoms with Crippen molar-refractivity contribution in [1.82, 2.24) is 15.1 Å². The maximum atomic E-state index is 12.9. The number of hydrogen-bond acceptors (Lipinski definition) is 4. The molecule has 2 aliphatic heterocycles.